The number of ether oxygens (including phenoxy) is 5. The largest absolute Gasteiger partial charge is 0.479 e. The van der Waals surface area contributed by atoms with Crippen molar-refractivity contribution in [1.29, 1.82) is 0 Å². The first-order valence-electron chi connectivity index (χ1n) is 32.9. The van der Waals surface area contributed by atoms with Gasteiger partial charge in [0, 0.05) is 12.8 Å². The van der Waals surface area contributed by atoms with Crippen LogP contribution in [0.1, 0.15) is 290 Å². The smallest absolute Gasteiger partial charge is 0.335 e. The summed E-state index contributed by atoms with van der Waals surface area (Å²) in [5.74, 6) is -3.27. The van der Waals surface area contributed by atoms with Crippen LogP contribution in [0, 0.1) is 0 Å². The number of aliphatic hydroxyl groups excluding tert-OH is 2. The molecule has 466 valence electrons. The molecule has 0 aromatic rings. The molecule has 0 saturated carbocycles. The lowest BCUT2D eigenvalue weighted by Gasteiger charge is -2.40. The second-order valence-corrected chi connectivity index (χ2v) is 22.4. The number of hydrogen-bond acceptors (Lipinski definition) is 11. The van der Waals surface area contributed by atoms with Gasteiger partial charge in [-0.2, -0.15) is 0 Å². The first-order valence-corrected chi connectivity index (χ1v) is 32.9. The Labute approximate surface area is 493 Å². The average Bonchev–Trinajstić information content (AvgIpc) is 3.52. The summed E-state index contributed by atoms with van der Waals surface area (Å²) in [4.78, 5) is 51.3. The molecule has 0 bridgehead atoms. The van der Waals surface area contributed by atoms with E-state index in [-0.39, 0.29) is 25.9 Å². The molecule has 12 nitrogen and oxygen atoms in total. The Hall–Kier alpha value is -3.84. The molecule has 1 aliphatic rings. The van der Waals surface area contributed by atoms with Gasteiger partial charge in [0.2, 0.25) is 0 Å². The number of rotatable bonds is 56. The first-order chi connectivity index (χ1) is 39.6. The Kier molecular flexibility index (Phi) is 52.6. The number of carbonyl (C=O) groups is 4. The van der Waals surface area contributed by atoms with Gasteiger partial charge in [-0.25, -0.2) is 4.79 Å². The normalized spacial score (nSPS) is 18.2. The Balaban J connectivity index is 2.68. The predicted octanol–water partition coefficient (Wildman–Crippen LogP) is 17.7. The number of carbonyl (C=O) groups excluding carboxylic acids is 3. The third-order valence-electron chi connectivity index (χ3n) is 14.8. The fraction of sp³-hybridized carbons (Fsp3) is 0.768. The van der Waals surface area contributed by atoms with Gasteiger partial charge in [-0.3, -0.25) is 14.4 Å². The maximum Gasteiger partial charge on any atom is 0.335 e. The molecule has 6 atom stereocenters. The summed E-state index contributed by atoms with van der Waals surface area (Å²) >= 11 is 0. The molecular formula is C69H118O12. The van der Waals surface area contributed by atoms with E-state index >= 15 is 0 Å². The highest BCUT2D eigenvalue weighted by Gasteiger charge is 2.50. The quantitative estimate of drug-likeness (QED) is 0.0228. The van der Waals surface area contributed by atoms with E-state index < -0.39 is 67.3 Å². The van der Waals surface area contributed by atoms with Crippen LogP contribution in [0.5, 0.6) is 0 Å². The van der Waals surface area contributed by atoms with Crippen LogP contribution >= 0.6 is 0 Å². The molecule has 1 aliphatic heterocycles. The van der Waals surface area contributed by atoms with Crippen molar-refractivity contribution in [3.05, 3.63) is 72.9 Å². The lowest BCUT2D eigenvalue weighted by atomic mass is 9.98. The molecule has 3 N–H and O–H groups in total. The van der Waals surface area contributed by atoms with E-state index in [9.17, 15) is 34.5 Å². The molecular weight excluding hydrogens is 1020 g/mol. The monoisotopic (exact) mass is 1140 g/mol. The van der Waals surface area contributed by atoms with E-state index in [1.54, 1.807) is 6.08 Å². The zero-order valence-corrected chi connectivity index (χ0v) is 51.5. The topological polar surface area (TPSA) is 175 Å². The second kappa shape index (κ2) is 56.6. The Bertz CT molecular complexity index is 1680. The summed E-state index contributed by atoms with van der Waals surface area (Å²) in [7, 11) is 0. The summed E-state index contributed by atoms with van der Waals surface area (Å²) in [6.45, 7) is 5.83. The number of aliphatic hydroxyl groups is 2. The minimum absolute atomic E-state index is 0.0478. The average molecular weight is 1140 g/mol. The van der Waals surface area contributed by atoms with Gasteiger partial charge in [-0.1, -0.05) is 273 Å². The Morgan fingerprint density at radius 2 is 0.815 bits per heavy atom. The highest BCUT2D eigenvalue weighted by Crippen LogP contribution is 2.27. The van der Waals surface area contributed by atoms with Crippen molar-refractivity contribution in [3.63, 3.8) is 0 Å². The van der Waals surface area contributed by atoms with E-state index in [4.69, 9.17) is 23.7 Å². The predicted molar refractivity (Wildman–Crippen MR) is 331 cm³/mol. The van der Waals surface area contributed by atoms with Gasteiger partial charge in [-0.05, 0) is 70.6 Å². The molecule has 0 spiro atoms. The second-order valence-electron chi connectivity index (χ2n) is 22.4. The minimum Gasteiger partial charge on any atom is -0.479 e. The fourth-order valence-electron chi connectivity index (χ4n) is 9.79. The summed E-state index contributed by atoms with van der Waals surface area (Å²) in [5.41, 5.74) is 0. The number of allylic oxidation sites excluding steroid dienone is 11. The zero-order valence-electron chi connectivity index (χ0n) is 51.5. The lowest BCUT2D eigenvalue weighted by molar-refractivity contribution is -0.301. The van der Waals surface area contributed by atoms with Crippen molar-refractivity contribution >= 4 is 23.9 Å². The number of carboxylic acids is 1. The molecule has 1 fully saturated rings. The minimum atomic E-state index is -1.92. The molecule has 0 amide bonds. The van der Waals surface area contributed by atoms with Crippen molar-refractivity contribution in [2.75, 3.05) is 13.2 Å². The van der Waals surface area contributed by atoms with E-state index in [0.717, 1.165) is 77.0 Å². The Morgan fingerprint density at radius 1 is 0.432 bits per heavy atom. The fourth-order valence-corrected chi connectivity index (χ4v) is 9.79. The van der Waals surface area contributed by atoms with Gasteiger partial charge in [0.15, 0.2) is 24.6 Å². The number of carboxylic acid groups (broad SMARTS) is 1. The van der Waals surface area contributed by atoms with E-state index in [1.165, 1.54) is 154 Å². The summed E-state index contributed by atoms with van der Waals surface area (Å²) in [6.07, 6.45) is 60.4. The molecule has 0 aliphatic carbocycles. The third kappa shape index (κ3) is 46.3. The van der Waals surface area contributed by atoms with Crippen molar-refractivity contribution in [3.8, 4) is 0 Å². The molecule has 0 radical (unpaired) electrons. The van der Waals surface area contributed by atoms with Gasteiger partial charge < -0.3 is 39.0 Å². The van der Waals surface area contributed by atoms with Gasteiger partial charge in [-0.15, -0.1) is 0 Å². The van der Waals surface area contributed by atoms with Crippen LogP contribution in [-0.2, 0) is 42.9 Å². The van der Waals surface area contributed by atoms with Crippen LogP contribution in [0.2, 0.25) is 0 Å². The summed E-state index contributed by atoms with van der Waals surface area (Å²) in [5, 5.41) is 31.6. The van der Waals surface area contributed by atoms with E-state index in [1.807, 2.05) is 12.2 Å². The van der Waals surface area contributed by atoms with Crippen LogP contribution in [0.3, 0.4) is 0 Å². The Morgan fingerprint density at radius 3 is 1.23 bits per heavy atom. The highest BCUT2D eigenvalue weighted by molar-refractivity contribution is 5.74. The number of aliphatic carboxylic acids is 1. The lowest BCUT2D eigenvalue weighted by Crippen LogP contribution is -2.61. The van der Waals surface area contributed by atoms with Crippen molar-refractivity contribution in [2.45, 2.75) is 327 Å². The molecule has 0 aromatic carbocycles. The maximum absolute atomic E-state index is 13.1. The number of unbranched alkanes of at least 4 members (excludes halogenated alkanes) is 31. The van der Waals surface area contributed by atoms with E-state index in [0.29, 0.717) is 19.3 Å². The van der Waals surface area contributed by atoms with Crippen LogP contribution in [-0.4, -0.2) is 89.2 Å². The van der Waals surface area contributed by atoms with Crippen LogP contribution in [0.25, 0.3) is 0 Å². The molecule has 1 rings (SSSR count). The van der Waals surface area contributed by atoms with Crippen LogP contribution in [0.4, 0.5) is 0 Å². The van der Waals surface area contributed by atoms with Gasteiger partial charge in [0.05, 0.1) is 13.0 Å². The molecule has 1 saturated heterocycles. The first kappa shape index (κ1) is 75.2. The highest BCUT2D eigenvalue weighted by atomic mass is 16.7. The molecule has 0 aromatic heterocycles. The SMILES string of the molecule is CC/C=C\C/C=C\C/C=C\C/C=C\C/C=C\CC(=O)OC(COC(=O)CCCCCCCCCCCCCCCCCCC)COC1OC(C(=O)O)C(O)C(O)C1OC(=O)CCCCCCCCCCC/C=C\CCCCCCCC. The summed E-state index contributed by atoms with van der Waals surface area (Å²) in [6, 6.07) is 0. The molecule has 6 unspecified atom stereocenters. The summed E-state index contributed by atoms with van der Waals surface area (Å²) < 4.78 is 28.4. The van der Waals surface area contributed by atoms with Gasteiger partial charge in [0.1, 0.15) is 18.8 Å². The molecule has 1 heterocycles. The number of esters is 3. The van der Waals surface area contributed by atoms with Crippen molar-refractivity contribution in [2.24, 2.45) is 0 Å². The third-order valence-corrected chi connectivity index (χ3v) is 14.8. The molecule has 81 heavy (non-hydrogen) atoms. The zero-order chi connectivity index (χ0) is 58.9. The van der Waals surface area contributed by atoms with Gasteiger partial charge >= 0.3 is 23.9 Å². The van der Waals surface area contributed by atoms with Crippen molar-refractivity contribution < 1.29 is 58.2 Å². The van der Waals surface area contributed by atoms with Gasteiger partial charge in [0.25, 0.3) is 0 Å². The maximum atomic E-state index is 13.1. The van der Waals surface area contributed by atoms with E-state index in [2.05, 4.69) is 75.5 Å². The molecule has 12 heteroatoms. The number of hydrogen-bond donors (Lipinski definition) is 3. The standard InChI is InChI=1S/C69H118O12/c1-4-7-10-13-16-19-22-25-28-30-31-33-36-39-42-45-48-51-54-57-63(72)80-67-65(74)64(73)66(68(75)76)81-69(67)78-59-60(79-62(71)56-53-50-47-44-41-38-34-27-24-21-18-15-12-9-6-3)58-77-61(70)55-52-49-46-43-40-37-35-32-29-26-23-20-17-14-11-8-5-2/h9,12,18,21,25,27-28,34,41,44,50,53,60,64-67,69,73-74H,4-8,10-11,13-17,19-20,22-24,26,29-33,35-40,42-43,45-49,51-52,54-59H2,1-3H3,(H,75,76)/b12-9-,21-18-,28-25-,34-27-,44-41-,53-50-. The van der Waals surface area contributed by atoms with Crippen LogP contribution in [0.15, 0.2) is 72.9 Å². The van der Waals surface area contributed by atoms with Crippen LogP contribution < -0.4 is 0 Å². The van der Waals surface area contributed by atoms with Crippen molar-refractivity contribution in [1.82, 2.24) is 0 Å².